The Balaban J connectivity index is 1.80. The summed E-state index contributed by atoms with van der Waals surface area (Å²) in [6.45, 7) is 2.03. The van der Waals surface area contributed by atoms with Crippen LogP contribution in [0, 0.1) is 0 Å². The van der Waals surface area contributed by atoms with Crippen molar-refractivity contribution < 1.29 is 9.36 Å². The van der Waals surface area contributed by atoms with Crippen molar-refractivity contribution in [1.29, 1.82) is 0 Å². The first-order valence-corrected chi connectivity index (χ1v) is 8.55. The minimum absolute atomic E-state index is 0.0310. The van der Waals surface area contributed by atoms with Gasteiger partial charge in [-0.3, -0.25) is 4.79 Å². The number of hydrogen-bond donors (Lipinski definition) is 2. The van der Waals surface area contributed by atoms with Gasteiger partial charge in [0.25, 0.3) is 0 Å². The van der Waals surface area contributed by atoms with Gasteiger partial charge in [-0.2, -0.15) is 0 Å². The van der Waals surface area contributed by atoms with Crippen LogP contribution in [0.25, 0.3) is 10.8 Å². The molecule has 0 saturated carbocycles. The number of hydrogen-bond acceptors (Lipinski definition) is 2. The number of benzene rings is 2. The number of imidazole rings is 1. The molecule has 1 aromatic heterocycles. The first-order chi connectivity index (χ1) is 11.2. The molecule has 1 unspecified atom stereocenters. The van der Waals surface area contributed by atoms with Gasteiger partial charge in [0.2, 0.25) is 5.91 Å². The second-order valence-corrected chi connectivity index (χ2v) is 6.60. The summed E-state index contributed by atoms with van der Waals surface area (Å²) in [5, 5.41) is 6.11. The first-order valence-electron chi connectivity index (χ1n) is 7.67. The molecule has 3 rings (SSSR count). The van der Waals surface area contributed by atoms with Gasteiger partial charge < -0.3 is 5.32 Å². The van der Waals surface area contributed by atoms with E-state index in [1.807, 2.05) is 61.3 Å². The number of thioether (sulfide) groups is 1. The fraction of sp³-hybridized carbons (Fsp3) is 0.222. The van der Waals surface area contributed by atoms with Gasteiger partial charge >= 0.3 is 5.16 Å². The standard InChI is InChI=1S/C18H19N3OS/c1-3-16(23-18-19-11-12-21(18)2)17(22)20-15-10-6-8-13-7-4-5-9-14(13)15/h4-12,16H,3H2,1-2H3,(H,20,22)/p+1. The lowest BCUT2D eigenvalue weighted by Crippen LogP contribution is -2.31. The highest BCUT2D eigenvalue weighted by Crippen LogP contribution is 2.26. The molecule has 0 fully saturated rings. The zero-order valence-corrected chi connectivity index (χ0v) is 14.1. The van der Waals surface area contributed by atoms with Crippen LogP contribution in [-0.2, 0) is 11.8 Å². The Morgan fingerprint density at radius 1 is 1.26 bits per heavy atom. The van der Waals surface area contributed by atoms with E-state index >= 15 is 0 Å². The van der Waals surface area contributed by atoms with Gasteiger partial charge in [-0.15, -0.1) is 0 Å². The number of aromatic amines is 1. The Morgan fingerprint density at radius 3 is 2.78 bits per heavy atom. The molecule has 0 spiro atoms. The number of H-pyrrole nitrogens is 1. The summed E-state index contributed by atoms with van der Waals surface area (Å²) in [5.41, 5.74) is 0.864. The van der Waals surface area contributed by atoms with E-state index in [0.717, 1.165) is 28.0 Å². The number of anilines is 1. The lowest BCUT2D eigenvalue weighted by Gasteiger charge is -2.14. The first kappa shape index (κ1) is 15.6. The molecule has 3 aromatic rings. The molecule has 0 aliphatic heterocycles. The van der Waals surface area contributed by atoms with Crippen molar-refractivity contribution in [2.45, 2.75) is 23.8 Å². The lowest BCUT2D eigenvalue weighted by atomic mass is 10.1. The fourth-order valence-corrected chi connectivity index (χ4v) is 3.48. The van der Waals surface area contributed by atoms with Crippen molar-refractivity contribution in [2.75, 3.05) is 5.32 Å². The molecule has 0 radical (unpaired) electrons. The minimum atomic E-state index is -0.140. The lowest BCUT2D eigenvalue weighted by molar-refractivity contribution is -0.708. The topological polar surface area (TPSA) is 48.8 Å². The van der Waals surface area contributed by atoms with Gasteiger partial charge in [-0.25, -0.2) is 9.55 Å². The van der Waals surface area contributed by atoms with E-state index in [2.05, 4.69) is 22.4 Å². The van der Waals surface area contributed by atoms with Gasteiger partial charge in [-0.05, 0) is 29.6 Å². The number of nitrogens with zero attached hydrogens (tertiary/aromatic N) is 1. The monoisotopic (exact) mass is 326 g/mol. The summed E-state index contributed by atoms with van der Waals surface area (Å²) < 4.78 is 1.98. The Morgan fingerprint density at radius 2 is 2.04 bits per heavy atom. The molecule has 2 aromatic carbocycles. The minimum Gasteiger partial charge on any atom is -0.325 e. The molecule has 2 N–H and O–H groups in total. The number of carbonyl (C=O) groups excluding carboxylic acids is 1. The summed E-state index contributed by atoms with van der Waals surface area (Å²) in [7, 11) is 1.97. The third kappa shape index (κ3) is 3.40. The fourth-order valence-electron chi connectivity index (χ4n) is 2.51. The van der Waals surface area contributed by atoms with E-state index in [4.69, 9.17) is 0 Å². The summed E-state index contributed by atoms with van der Waals surface area (Å²) in [5.74, 6) is 0.0310. The quantitative estimate of drug-likeness (QED) is 0.557. The van der Waals surface area contributed by atoms with Crippen LogP contribution in [0.4, 0.5) is 5.69 Å². The maximum absolute atomic E-state index is 12.7. The number of nitrogens with one attached hydrogen (secondary N) is 2. The molecule has 1 heterocycles. The van der Waals surface area contributed by atoms with Crippen LogP contribution in [0.2, 0.25) is 0 Å². The van der Waals surface area contributed by atoms with Gasteiger partial charge in [0.05, 0.1) is 12.3 Å². The van der Waals surface area contributed by atoms with Crippen LogP contribution >= 0.6 is 11.8 Å². The van der Waals surface area contributed by atoms with E-state index in [0.29, 0.717) is 0 Å². The van der Waals surface area contributed by atoms with Crippen molar-refractivity contribution in [3.8, 4) is 0 Å². The number of carbonyl (C=O) groups is 1. The smallest absolute Gasteiger partial charge is 0.316 e. The average Bonchev–Trinajstić information content (AvgIpc) is 2.97. The summed E-state index contributed by atoms with van der Waals surface area (Å²) in [6, 6.07) is 14.0. The average molecular weight is 326 g/mol. The Bertz CT molecular complexity index is 823. The highest BCUT2D eigenvalue weighted by atomic mass is 32.2. The number of fused-ring (bicyclic) bond motifs is 1. The predicted molar refractivity (Wildman–Crippen MR) is 94.5 cm³/mol. The van der Waals surface area contributed by atoms with Crippen LogP contribution in [0.15, 0.2) is 60.0 Å². The Labute approximate surface area is 139 Å². The van der Waals surface area contributed by atoms with Crippen molar-refractivity contribution >= 4 is 34.1 Å². The Hall–Kier alpha value is -2.27. The van der Waals surface area contributed by atoms with E-state index < -0.39 is 0 Å². The van der Waals surface area contributed by atoms with Crippen molar-refractivity contribution in [1.82, 2.24) is 4.98 Å². The maximum Gasteiger partial charge on any atom is 0.316 e. The summed E-state index contributed by atoms with van der Waals surface area (Å²) in [6.07, 6.45) is 4.58. The van der Waals surface area contributed by atoms with Gasteiger partial charge in [0.1, 0.15) is 12.4 Å². The number of rotatable bonds is 5. The molecule has 23 heavy (non-hydrogen) atoms. The van der Waals surface area contributed by atoms with Crippen LogP contribution in [0.5, 0.6) is 0 Å². The van der Waals surface area contributed by atoms with Crippen LogP contribution < -0.4 is 9.88 Å². The predicted octanol–water partition coefficient (Wildman–Crippen LogP) is 3.50. The third-order valence-electron chi connectivity index (χ3n) is 3.79. The van der Waals surface area contributed by atoms with E-state index in [-0.39, 0.29) is 11.2 Å². The largest absolute Gasteiger partial charge is 0.325 e. The molecule has 0 bridgehead atoms. The van der Waals surface area contributed by atoms with E-state index in [1.165, 1.54) is 0 Å². The zero-order chi connectivity index (χ0) is 16.2. The van der Waals surface area contributed by atoms with Gasteiger partial charge in [-0.1, -0.05) is 43.3 Å². The molecular formula is C18H20N3OS+. The van der Waals surface area contributed by atoms with Gasteiger partial charge in [0, 0.05) is 11.1 Å². The highest BCUT2D eigenvalue weighted by molar-refractivity contribution is 8.00. The number of amides is 1. The number of aromatic nitrogens is 2. The van der Waals surface area contributed by atoms with E-state index in [9.17, 15) is 4.79 Å². The molecule has 0 saturated heterocycles. The molecule has 1 atom stereocenters. The molecule has 0 aliphatic carbocycles. The molecule has 4 nitrogen and oxygen atoms in total. The molecule has 118 valence electrons. The highest BCUT2D eigenvalue weighted by Gasteiger charge is 2.23. The zero-order valence-electron chi connectivity index (χ0n) is 13.2. The van der Waals surface area contributed by atoms with Gasteiger partial charge in [0.15, 0.2) is 0 Å². The maximum atomic E-state index is 12.7. The summed E-state index contributed by atoms with van der Waals surface area (Å²) in [4.78, 5) is 15.8. The molecule has 5 heteroatoms. The second-order valence-electron chi connectivity index (χ2n) is 5.41. The molecule has 0 aliphatic rings. The SMILES string of the molecule is CCC(Sc1[nH]cc[n+]1C)C(=O)Nc1cccc2ccccc12. The van der Waals surface area contributed by atoms with Crippen LogP contribution in [0.3, 0.4) is 0 Å². The molecule has 1 amide bonds. The number of aryl methyl sites for hydroxylation is 1. The molecular weight excluding hydrogens is 306 g/mol. The van der Waals surface area contributed by atoms with Crippen molar-refractivity contribution in [2.24, 2.45) is 7.05 Å². The van der Waals surface area contributed by atoms with Crippen molar-refractivity contribution in [3.63, 3.8) is 0 Å². The van der Waals surface area contributed by atoms with Crippen LogP contribution in [-0.4, -0.2) is 16.1 Å². The normalized spacial score (nSPS) is 12.3. The Kier molecular flexibility index (Phi) is 4.67. The third-order valence-corrected chi connectivity index (χ3v) is 5.25. The van der Waals surface area contributed by atoms with E-state index in [1.54, 1.807) is 11.8 Å². The second kappa shape index (κ2) is 6.87. The summed E-state index contributed by atoms with van der Waals surface area (Å²) >= 11 is 1.55. The van der Waals surface area contributed by atoms with Crippen LogP contribution in [0.1, 0.15) is 13.3 Å². The van der Waals surface area contributed by atoms with Crippen molar-refractivity contribution in [3.05, 3.63) is 54.9 Å².